The summed E-state index contributed by atoms with van der Waals surface area (Å²) in [7, 11) is 1.58. The predicted molar refractivity (Wildman–Crippen MR) is 75.7 cm³/mol. The number of aryl methyl sites for hydroxylation is 1. The molecule has 0 aliphatic carbocycles. The van der Waals surface area contributed by atoms with Crippen molar-refractivity contribution in [3.8, 4) is 5.75 Å². The van der Waals surface area contributed by atoms with Crippen molar-refractivity contribution in [2.75, 3.05) is 20.2 Å². The number of carboxylic acids is 1. The van der Waals surface area contributed by atoms with Crippen molar-refractivity contribution in [1.29, 1.82) is 0 Å². The van der Waals surface area contributed by atoms with Crippen molar-refractivity contribution in [2.45, 2.75) is 12.8 Å². The lowest BCUT2D eigenvalue weighted by Gasteiger charge is -2.19. The molecule has 0 aromatic heterocycles. The molecule has 0 aliphatic rings. The van der Waals surface area contributed by atoms with Crippen LogP contribution in [-0.2, 0) is 16.0 Å². The summed E-state index contributed by atoms with van der Waals surface area (Å²) in [6.07, 6.45) is 2.27. The Labute approximate surface area is 118 Å². The molecule has 108 valence electrons. The summed E-state index contributed by atoms with van der Waals surface area (Å²) < 4.78 is 5.21. The summed E-state index contributed by atoms with van der Waals surface area (Å²) in [5.41, 5.74) is 0.928. The number of ether oxygens (including phenoxy) is 1. The molecule has 0 fully saturated rings. The lowest BCUT2D eigenvalue weighted by Crippen LogP contribution is -2.35. The predicted octanol–water partition coefficient (Wildman–Crippen LogP) is 1.73. The molecule has 0 spiro atoms. The molecule has 0 bridgehead atoms. The van der Waals surface area contributed by atoms with Crippen molar-refractivity contribution in [3.05, 3.63) is 42.5 Å². The van der Waals surface area contributed by atoms with E-state index in [1.165, 1.54) is 11.0 Å². The second kappa shape index (κ2) is 7.99. The first-order chi connectivity index (χ1) is 9.58. The number of aliphatic carboxylic acids is 1. The number of hydrogen-bond donors (Lipinski definition) is 1. The quantitative estimate of drug-likeness (QED) is 0.735. The van der Waals surface area contributed by atoms with Gasteiger partial charge in [0.05, 0.1) is 7.11 Å². The number of rotatable bonds is 8. The minimum atomic E-state index is -1.03. The van der Waals surface area contributed by atoms with Crippen molar-refractivity contribution < 1.29 is 19.4 Å². The summed E-state index contributed by atoms with van der Waals surface area (Å²) in [5, 5.41) is 8.78. The number of benzene rings is 1. The fourth-order valence-electron chi connectivity index (χ4n) is 1.88. The zero-order valence-electron chi connectivity index (χ0n) is 11.5. The minimum Gasteiger partial charge on any atom is -0.496 e. The summed E-state index contributed by atoms with van der Waals surface area (Å²) >= 11 is 0. The maximum Gasteiger partial charge on any atom is 0.323 e. The molecule has 1 rings (SSSR count). The van der Waals surface area contributed by atoms with Crippen LogP contribution in [-0.4, -0.2) is 42.1 Å². The number of methoxy groups -OCH3 is 1. The summed E-state index contributed by atoms with van der Waals surface area (Å²) in [6, 6.07) is 7.46. The minimum absolute atomic E-state index is 0.210. The monoisotopic (exact) mass is 277 g/mol. The third kappa shape index (κ3) is 4.76. The Balaban J connectivity index is 2.64. The molecule has 0 unspecified atom stereocenters. The third-order valence-electron chi connectivity index (χ3n) is 2.83. The molecule has 0 heterocycles. The fraction of sp³-hybridized carbons (Fsp3) is 0.333. The molecule has 5 heteroatoms. The Morgan fingerprint density at radius 2 is 2.10 bits per heavy atom. The van der Waals surface area contributed by atoms with Gasteiger partial charge in [0.1, 0.15) is 12.3 Å². The van der Waals surface area contributed by atoms with Crippen LogP contribution in [0.15, 0.2) is 36.9 Å². The second-order valence-corrected chi connectivity index (χ2v) is 4.27. The van der Waals surface area contributed by atoms with E-state index in [0.717, 1.165) is 11.3 Å². The van der Waals surface area contributed by atoms with Gasteiger partial charge in [-0.25, -0.2) is 0 Å². The lowest BCUT2D eigenvalue weighted by atomic mass is 10.1. The van der Waals surface area contributed by atoms with Crippen molar-refractivity contribution in [1.82, 2.24) is 4.90 Å². The number of carbonyl (C=O) groups is 2. The topological polar surface area (TPSA) is 66.8 Å². The molecule has 5 nitrogen and oxygen atoms in total. The van der Waals surface area contributed by atoms with Crippen LogP contribution in [0.3, 0.4) is 0 Å². The molecule has 0 atom stereocenters. The number of carbonyl (C=O) groups excluding carboxylic acids is 1. The number of carboxylic acid groups (broad SMARTS) is 1. The van der Waals surface area contributed by atoms with Crippen LogP contribution in [0.5, 0.6) is 5.75 Å². The fourth-order valence-corrected chi connectivity index (χ4v) is 1.88. The van der Waals surface area contributed by atoms with Crippen molar-refractivity contribution in [2.24, 2.45) is 0 Å². The van der Waals surface area contributed by atoms with Crippen LogP contribution in [0.4, 0.5) is 0 Å². The molecule has 1 aromatic carbocycles. The van der Waals surface area contributed by atoms with Gasteiger partial charge in [-0.2, -0.15) is 0 Å². The highest BCUT2D eigenvalue weighted by Crippen LogP contribution is 2.19. The Bertz CT molecular complexity index is 485. The van der Waals surface area contributed by atoms with Gasteiger partial charge in [0, 0.05) is 13.0 Å². The van der Waals surface area contributed by atoms with Gasteiger partial charge in [0.15, 0.2) is 0 Å². The maximum atomic E-state index is 12.0. The lowest BCUT2D eigenvalue weighted by molar-refractivity contribution is -0.144. The smallest absolute Gasteiger partial charge is 0.323 e. The van der Waals surface area contributed by atoms with Gasteiger partial charge in [-0.05, 0) is 18.1 Å². The van der Waals surface area contributed by atoms with E-state index in [0.29, 0.717) is 6.42 Å². The molecular formula is C15H19NO4. The molecule has 1 N–H and O–H groups in total. The standard InChI is InChI=1S/C15H19NO4/c1-3-10-16(11-15(18)19)14(17)9-8-12-6-4-5-7-13(12)20-2/h3-7H,1,8-11H2,2H3,(H,18,19). The number of nitrogens with zero attached hydrogens (tertiary/aromatic N) is 1. The van der Waals surface area contributed by atoms with E-state index in [1.807, 2.05) is 24.3 Å². The maximum absolute atomic E-state index is 12.0. The van der Waals surface area contributed by atoms with E-state index in [2.05, 4.69) is 6.58 Å². The molecule has 0 saturated carbocycles. The van der Waals surface area contributed by atoms with E-state index in [1.54, 1.807) is 7.11 Å². The molecule has 1 aromatic rings. The van der Waals surface area contributed by atoms with E-state index in [9.17, 15) is 9.59 Å². The number of hydrogen-bond acceptors (Lipinski definition) is 3. The Morgan fingerprint density at radius 1 is 1.40 bits per heavy atom. The van der Waals surface area contributed by atoms with Gasteiger partial charge in [0.2, 0.25) is 5.91 Å². The number of amides is 1. The zero-order valence-corrected chi connectivity index (χ0v) is 11.5. The molecule has 1 amide bonds. The first kappa shape index (κ1) is 15.8. The molecule has 0 radical (unpaired) electrons. The summed E-state index contributed by atoms with van der Waals surface area (Å²) in [5.74, 6) is -0.510. The van der Waals surface area contributed by atoms with Crippen LogP contribution in [0.1, 0.15) is 12.0 Å². The van der Waals surface area contributed by atoms with Crippen LogP contribution in [0.2, 0.25) is 0 Å². The van der Waals surface area contributed by atoms with E-state index in [-0.39, 0.29) is 25.4 Å². The van der Waals surface area contributed by atoms with Gasteiger partial charge in [-0.1, -0.05) is 24.3 Å². The Kier molecular flexibility index (Phi) is 6.29. The van der Waals surface area contributed by atoms with Crippen molar-refractivity contribution >= 4 is 11.9 Å². The first-order valence-electron chi connectivity index (χ1n) is 6.30. The average molecular weight is 277 g/mol. The summed E-state index contributed by atoms with van der Waals surface area (Å²) in [4.78, 5) is 24.0. The zero-order chi connectivity index (χ0) is 15.0. The van der Waals surface area contributed by atoms with Crippen LogP contribution < -0.4 is 4.74 Å². The van der Waals surface area contributed by atoms with Crippen LogP contribution >= 0.6 is 0 Å². The third-order valence-corrected chi connectivity index (χ3v) is 2.83. The van der Waals surface area contributed by atoms with E-state index in [4.69, 9.17) is 9.84 Å². The largest absolute Gasteiger partial charge is 0.496 e. The molecule has 20 heavy (non-hydrogen) atoms. The van der Waals surface area contributed by atoms with Gasteiger partial charge < -0.3 is 14.7 Å². The summed E-state index contributed by atoms with van der Waals surface area (Å²) in [6.45, 7) is 3.45. The molecule has 0 aliphatic heterocycles. The molecular weight excluding hydrogens is 258 g/mol. The van der Waals surface area contributed by atoms with Gasteiger partial charge in [-0.15, -0.1) is 6.58 Å². The highest BCUT2D eigenvalue weighted by molar-refractivity contribution is 5.81. The van der Waals surface area contributed by atoms with Crippen molar-refractivity contribution in [3.63, 3.8) is 0 Å². The normalized spacial score (nSPS) is 9.85. The Hall–Kier alpha value is -2.30. The Morgan fingerprint density at radius 3 is 2.70 bits per heavy atom. The van der Waals surface area contributed by atoms with Crippen LogP contribution in [0, 0.1) is 0 Å². The number of para-hydroxylation sites is 1. The SMILES string of the molecule is C=CCN(CC(=O)O)C(=O)CCc1ccccc1OC. The molecule has 0 saturated heterocycles. The van der Waals surface area contributed by atoms with Gasteiger partial charge in [0.25, 0.3) is 0 Å². The van der Waals surface area contributed by atoms with E-state index >= 15 is 0 Å². The van der Waals surface area contributed by atoms with Gasteiger partial charge in [-0.3, -0.25) is 9.59 Å². The van der Waals surface area contributed by atoms with Crippen LogP contribution in [0.25, 0.3) is 0 Å². The van der Waals surface area contributed by atoms with Gasteiger partial charge >= 0.3 is 5.97 Å². The average Bonchev–Trinajstić information content (AvgIpc) is 2.44. The first-order valence-corrected chi connectivity index (χ1v) is 6.30. The second-order valence-electron chi connectivity index (χ2n) is 4.27. The highest BCUT2D eigenvalue weighted by atomic mass is 16.5. The highest BCUT2D eigenvalue weighted by Gasteiger charge is 2.15. The van der Waals surface area contributed by atoms with E-state index < -0.39 is 5.97 Å².